The Morgan fingerprint density at radius 1 is 1.00 bits per heavy atom. The number of ketones is 1. The Morgan fingerprint density at radius 3 is 2.34 bits per heavy atom. The van der Waals surface area contributed by atoms with Crippen LogP contribution in [0.5, 0.6) is 0 Å². The van der Waals surface area contributed by atoms with E-state index in [-0.39, 0.29) is 17.1 Å². The van der Waals surface area contributed by atoms with E-state index < -0.39 is 0 Å². The lowest BCUT2D eigenvalue weighted by atomic mass is 9.83. The Bertz CT molecular complexity index is 890. The Balaban J connectivity index is 1.67. The van der Waals surface area contributed by atoms with Crippen LogP contribution in [0.3, 0.4) is 0 Å². The van der Waals surface area contributed by atoms with E-state index in [1.807, 2.05) is 11.0 Å². The standard InChI is InChI=1S/C28H39NO2S/c1-5-6-10-23(22-13-11-21(2)12-14-22)25-15-16-26(32-25)24(30)19-28(3,4)20-27(31)29-17-8-7-9-18-29/h11-16,23H,5-10,17-20H2,1-4H3. The van der Waals surface area contributed by atoms with Gasteiger partial charge in [0.25, 0.3) is 0 Å². The van der Waals surface area contributed by atoms with E-state index in [1.54, 1.807) is 11.3 Å². The highest BCUT2D eigenvalue weighted by atomic mass is 32.1. The molecule has 1 atom stereocenters. The third kappa shape index (κ3) is 6.78. The summed E-state index contributed by atoms with van der Waals surface area (Å²) >= 11 is 1.64. The molecule has 2 heterocycles. The van der Waals surface area contributed by atoms with Gasteiger partial charge in [-0.25, -0.2) is 0 Å². The second kappa shape index (κ2) is 11.3. The predicted molar refractivity (Wildman–Crippen MR) is 135 cm³/mol. The van der Waals surface area contributed by atoms with Crippen molar-refractivity contribution in [3.63, 3.8) is 0 Å². The van der Waals surface area contributed by atoms with Crippen molar-refractivity contribution in [3.05, 3.63) is 57.3 Å². The maximum Gasteiger partial charge on any atom is 0.223 e. The highest BCUT2D eigenvalue weighted by molar-refractivity contribution is 7.14. The summed E-state index contributed by atoms with van der Waals surface area (Å²) in [6, 6.07) is 13.0. The van der Waals surface area contributed by atoms with Crippen molar-refractivity contribution in [3.8, 4) is 0 Å². The van der Waals surface area contributed by atoms with Crippen molar-refractivity contribution in [1.29, 1.82) is 0 Å². The maximum atomic E-state index is 13.1. The van der Waals surface area contributed by atoms with Crippen LogP contribution in [0.2, 0.25) is 0 Å². The van der Waals surface area contributed by atoms with Crippen LogP contribution in [-0.2, 0) is 4.79 Å². The fourth-order valence-electron chi connectivity index (χ4n) is 4.62. The fraction of sp³-hybridized carbons (Fsp3) is 0.571. The van der Waals surface area contributed by atoms with E-state index >= 15 is 0 Å². The van der Waals surface area contributed by atoms with Crippen molar-refractivity contribution in [2.24, 2.45) is 5.41 Å². The van der Waals surface area contributed by atoms with Crippen molar-refractivity contribution < 1.29 is 9.59 Å². The number of Topliss-reactive ketones (excluding diaryl/α,β-unsaturated/α-hetero) is 1. The van der Waals surface area contributed by atoms with Crippen LogP contribution >= 0.6 is 11.3 Å². The second-order valence-corrected chi connectivity index (χ2v) is 11.3. The van der Waals surface area contributed by atoms with Gasteiger partial charge in [-0.15, -0.1) is 11.3 Å². The van der Waals surface area contributed by atoms with Gasteiger partial charge in [0.2, 0.25) is 5.91 Å². The molecule has 1 aliphatic rings. The number of benzene rings is 1. The molecule has 0 bridgehead atoms. The van der Waals surface area contributed by atoms with Gasteiger partial charge in [0.1, 0.15) is 0 Å². The summed E-state index contributed by atoms with van der Waals surface area (Å²) in [5, 5.41) is 0. The average Bonchev–Trinajstić information content (AvgIpc) is 3.25. The number of amides is 1. The molecule has 1 fully saturated rings. The molecule has 0 spiro atoms. The number of carbonyl (C=O) groups is 2. The van der Waals surface area contributed by atoms with E-state index in [9.17, 15) is 9.59 Å². The van der Waals surface area contributed by atoms with Gasteiger partial charge in [0.15, 0.2) is 5.78 Å². The first-order valence-corrected chi connectivity index (χ1v) is 13.1. The van der Waals surface area contributed by atoms with Crippen LogP contribution in [0.15, 0.2) is 36.4 Å². The summed E-state index contributed by atoms with van der Waals surface area (Å²) in [4.78, 5) is 29.9. The lowest BCUT2D eigenvalue weighted by Gasteiger charge is -2.31. The summed E-state index contributed by atoms with van der Waals surface area (Å²) in [5.74, 6) is 0.708. The second-order valence-electron chi connectivity index (χ2n) is 10.2. The number of carbonyl (C=O) groups excluding carboxylic acids is 2. The van der Waals surface area contributed by atoms with Gasteiger partial charge in [-0.3, -0.25) is 9.59 Å². The third-order valence-corrected chi connectivity index (χ3v) is 7.79. The number of piperidine rings is 1. The van der Waals surface area contributed by atoms with E-state index in [2.05, 4.69) is 58.0 Å². The van der Waals surface area contributed by atoms with Crippen molar-refractivity contribution >= 4 is 23.0 Å². The molecule has 0 radical (unpaired) electrons. The Hall–Kier alpha value is -1.94. The molecule has 174 valence electrons. The normalized spacial score (nSPS) is 15.6. The van der Waals surface area contributed by atoms with Crippen LogP contribution in [0.4, 0.5) is 0 Å². The van der Waals surface area contributed by atoms with Crippen molar-refractivity contribution in [2.75, 3.05) is 13.1 Å². The van der Waals surface area contributed by atoms with Crippen molar-refractivity contribution in [1.82, 2.24) is 4.90 Å². The minimum Gasteiger partial charge on any atom is -0.343 e. The molecular formula is C28H39NO2S. The van der Waals surface area contributed by atoms with Gasteiger partial charge in [0.05, 0.1) is 4.88 Å². The van der Waals surface area contributed by atoms with E-state index in [1.165, 1.54) is 35.3 Å². The summed E-state index contributed by atoms with van der Waals surface area (Å²) in [5.41, 5.74) is 2.28. The van der Waals surface area contributed by atoms with Crippen LogP contribution in [-0.4, -0.2) is 29.7 Å². The minimum absolute atomic E-state index is 0.163. The lowest BCUT2D eigenvalue weighted by molar-refractivity contribution is -0.134. The Labute approximate surface area is 198 Å². The van der Waals surface area contributed by atoms with Gasteiger partial charge in [-0.1, -0.05) is 63.4 Å². The van der Waals surface area contributed by atoms with E-state index in [0.717, 1.165) is 37.2 Å². The number of likely N-dealkylation sites (tertiary alicyclic amines) is 1. The molecule has 0 N–H and O–H groups in total. The maximum absolute atomic E-state index is 13.1. The highest BCUT2D eigenvalue weighted by Gasteiger charge is 2.29. The molecule has 1 unspecified atom stereocenters. The molecular weight excluding hydrogens is 414 g/mol. The summed E-state index contributed by atoms with van der Waals surface area (Å²) < 4.78 is 0. The zero-order valence-corrected chi connectivity index (χ0v) is 21.1. The number of nitrogens with zero attached hydrogens (tertiary/aromatic N) is 1. The molecule has 3 nitrogen and oxygen atoms in total. The number of unbranched alkanes of at least 4 members (excludes halogenated alkanes) is 1. The first-order chi connectivity index (χ1) is 15.3. The predicted octanol–water partition coefficient (Wildman–Crippen LogP) is 7.38. The molecule has 4 heteroatoms. The number of aryl methyl sites for hydroxylation is 1. The van der Waals surface area contributed by atoms with Crippen LogP contribution in [0.1, 0.15) is 104 Å². The lowest BCUT2D eigenvalue weighted by Crippen LogP contribution is -2.38. The van der Waals surface area contributed by atoms with Crippen LogP contribution in [0.25, 0.3) is 0 Å². The molecule has 1 amide bonds. The number of rotatable bonds is 10. The van der Waals surface area contributed by atoms with Gasteiger partial charge >= 0.3 is 0 Å². The first kappa shape index (κ1) is 24.7. The monoisotopic (exact) mass is 453 g/mol. The van der Waals surface area contributed by atoms with Gasteiger partial charge in [-0.05, 0) is 55.7 Å². The smallest absolute Gasteiger partial charge is 0.223 e. The molecule has 32 heavy (non-hydrogen) atoms. The molecule has 0 aliphatic carbocycles. The van der Waals surface area contributed by atoms with Gasteiger partial charge < -0.3 is 4.90 Å². The highest BCUT2D eigenvalue weighted by Crippen LogP contribution is 2.36. The van der Waals surface area contributed by atoms with E-state index in [0.29, 0.717) is 18.8 Å². The molecule has 1 saturated heterocycles. The van der Waals surface area contributed by atoms with E-state index in [4.69, 9.17) is 0 Å². The SMILES string of the molecule is CCCCC(c1ccc(C)cc1)c1ccc(C(=O)CC(C)(C)CC(=O)N2CCCCC2)s1. The number of thiophene rings is 1. The Morgan fingerprint density at radius 2 is 1.69 bits per heavy atom. The zero-order chi connectivity index (χ0) is 23.1. The quantitative estimate of drug-likeness (QED) is 0.352. The number of hydrogen-bond acceptors (Lipinski definition) is 3. The molecule has 3 rings (SSSR count). The first-order valence-electron chi connectivity index (χ1n) is 12.3. The molecule has 1 aromatic carbocycles. The average molecular weight is 454 g/mol. The fourth-order valence-corrected chi connectivity index (χ4v) is 5.73. The summed E-state index contributed by atoms with van der Waals surface area (Å²) in [7, 11) is 0. The summed E-state index contributed by atoms with van der Waals surface area (Å²) in [6.07, 6.45) is 7.71. The number of hydrogen-bond donors (Lipinski definition) is 0. The third-order valence-electron chi connectivity index (χ3n) is 6.55. The van der Waals surface area contributed by atoms with Crippen LogP contribution in [0, 0.1) is 12.3 Å². The van der Waals surface area contributed by atoms with Gasteiger partial charge in [0, 0.05) is 36.7 Å². The molecule has 2 aromatic rings. The van der Waals surface area contributed by atoms with Crippen molar-refractivity contribution in [2.45, 2.75) is 85.0 Å². The topological polar surface area (TPSA) is 37.4 Å². The van der Waals surface area contributed by atoms with Gasteiger partial charge in [-0.2, -0.15) is 0 Å². The Kier molecular flexibility index (Phi) is 8.70. The zero-order valence-electron chi connectivity index (χ0n) is 20.3. The molecule has 1 aromatic heterocycles. The molecule has 0 saturated carbocycles. The molecule has 1 aliphatic heterocycles. The minimum atomic E-state index is -0.325. The van der Waals surface area contributed by atoms with Crippen LogP contribution < -0.4 is 0 Å². The largest absolute Gasteiger partial charge is 0.343 e. The summed E-state index contributed by atoms with van der Waals surface area (Å²) in [6.45, 7) is 10.2.